The van der Waals surface area contributed by atoms with Gasteiger partial charge in [0.15, 0.2) is 11.5 Å². The molecule has 1 aliphatic heterocycles. The van der Waals surface area contributed by atoms with Gasteiger partial charge < -0.3 is 9.47 Å². The zero-order valence-electron chi connectivity index (χ0n) is 17.9. The summed E-state index contributed by atoms with van der Waals surface area (Å²) in [5, 5.41) is 5.87. The standard InChI is InChI=1S/C26H23BrN2O3/c1-3-31-25-16-20(11-14-24(25)32-17-19-9-12-21(27)13-10-19)15-23-18(2)28-29(26(23)30)22-7-5-4-6-8-22/h4-16H,3,17H2,1-2H3/b23-15+. The molecule has 5 nitrogen and oxygen atoms in total. The average Bonchev–Trinajstić information content (AvgIpc) is 3.09. The third-order valence-electron chi connectivity index (χ3n) is 4.95. The molecule has 0 saturated carbocycles. The molecule has 0 fully saturated rings. The minimum atomic E-state index is -0.151. The van der Waals surface area contributed by atoms with Crippen molar-refractivity contribution in [3.63, 3.8) is 0 Å². The van der Waals surface area contributed by atoms with Crippen LogP contribution in [0.2, 0.25) is 0 Å². The van der Waals surface area contributed by atoms with Crippen LogP contribution < -0.4 is 14.5 Å². The van der Waals surface area contributed by atoms with Crippen molar-refractivity contribution < 1.29 is 14.3 Å². The minimum absolute atomic E-state index is 0.151. The molecule has 0 bridgehead atoms. The summed E-state index contributed by atoms with van der Waals surface area (Å²) < 4.78 is 12.8. The van der Waals surface area contributed by atoms with Crippen molar-refractivity contribution in [2.75, 3.05) is 11.6 Å². The Kier molecular flexibility index (Phi) is 6.71. The van der Waals surface area contributed by atoms with Crippen LogP contribution in [0.4, 0.5) is 5.69 Å². The van der Waals surface area contributed by atoms with Crippen molar-refractivity contribution >= 4 is 39.3 Å². The maximum Gasteiger partial charge on any atom is 0.280 e. The zero-order chi connectivity index (χ0) is 22.5. The quantitative estimate of drug-likeness (QED) is 0.368. The fraction of sp³-hybridized carbons (Fsp3) is 0.154. The van der Waals surface area contributed by atoms with Crippen LogP contribution in [0.15, 0.2) is 87.9 Å². The van der Waals surface area contributed by atoms with E-state index < -0.39 is 0 Å². The molecular weight excluding hydrogens is 468 g/mol. The van der Waals surface area contributed by atoms with Gasteiger partial charge in [-0.05, 0) is 67.4 Å². The molecule has 1 heterocycles. The summed E-state index contributed by atoms with van der Waals surface area (Å²) in [5.74, 6) is 1.15. The Labute approximate surface area is 196 Å². The van der Waals surface area contributed by atoms with E-state index in [1.807, 2.05) is 92.7 Å². The molecule has 4 rings (SSSR count). The maximum absolute atomic E-state index is 13.0. The molecule has 0 unspecified atom stereocenters. The Morgan fingerprint density at radius 2 is 1.72 bits per heavy atom. The molecule has 0 N–H and O–H groups in total. The highest BCUT2D eigenvalue weighted by atomic mass is 79.9. The summed E-state index contributed by atoms with van der Waals surface area (Å²) in [5.41, 5.74) is 3.88. The molecule has 6 heteroatoms. The Hall–Kier alpha value is -3.38. The van der Waals surface area contributed by atoms with Gasteiger partial charge in [-0.1, -0.05) is 52.3 Å². The Bertz CT molecular complexity index is 1170. The number of carbonyl (C=O) groups is 1. The number of hydrazone groups is 1. The van der Waals surface area contributed by atoms with E-state index in [1.165, 1.54) is 5.01 Å². The summed E-state index contributed by atoms with van der Waals surface area (Å²) in [7, 11) is 0. The molecule has 32 heavy (non-hydrogen) atoms. The summed E-state index contributed by atoms with van der Waals surface area (Å²) in [6.45, 7) is 4.71. The lowest BCUT2D eigenvalue weighted by molar-refractivity contribution is -0.114. The van der Waals surface area contributed by atoms with E-state index in [1.54, 1.807) is 0 Å². The van der Waals surface area contributed by atoms with Gasteiger partial charge in [0, 0.05) is 4.47 Å². The van der Waals surface area contributed by atoms with Gasteiger partial charge in [-0.25, -0.2) is 0 Å². The van der Waals surface area contributed by atoms with Crippen LogP contribution in [0, 0.1) is 0 Å². The van der Waals surface area contributed by atoms with E-state index >= 15 is 0 Å². The molecule has 0 radical (unpaired) electrons. The van der Waals surface area contributed by atoms with Crippen molar-refractivity contribution in [2.45, 2.75) is 20.5 Å². The van der Waals surface area contributed by atoms with E-state index in [0.29, 0.717) is 36.0 Å². The van der Waals surface area contributed by atoms with E-state index in [-0.39, 0.29) is 5.91 Å². The Balaban J connectivity index is 1.55. The molecular formula is C26H23BrN2O3. The molecule has 3 aromatic rings. The second-order valence-corrected chi connectivity index (χ2v) is 8.17. The van der Waals surface area contributed by atoms with Gasteiger partial charge in [-0.2, -0.15) is 10.1 Å². The second-order valence-electron chi connectivity index (χ2n) is 7.25. The lowest BCUT2D eigenvalue weighted by atomic mass is 10.1. The first-order valence-corrected chi connectivity index (χ1v) is 11.2. The molecule has 0 saturated heterocycles. The normalized spacial score (nSPS) is 14.6. The zero-order valence-corrected chi connectivity index (χ0v) is 19.5. The average molecular weight is 491 g/mol. The van der Waals surface area contributed by atoms with Crippen molar-refractivity contribution in [2.24, 2.45) is 5.10 Å². The van der Waals surface area contributed by atoms with Gasteiger partial charge >= 0.3 is 0 Å². The molecule has 1 aliphatic rings. The molecule has 162 valence electrons. The van der Waals surface area contributed by atoms with Crippen molar-refractivity contribution in [3.05, 3.63) is 94.0 Å². The summed E-state index contributed by atoms with van der Waals surface area (Å²) in [4.78, 5) is 13.0. The number of amides is 1. The topological polar surface area (TPSA) is 51.1 Å². The third-order valence-corrected chi connectivity index (χ3v) is 5.48. The molecule has 3 aromatic carbocycles. The number of rotatable bonds is 7. The number of para-hydroxylation sites is 1. The molecule has 0 atom stereocenters. The third kappa shape index (κ3) is 4.92. The van der Waals surface area contributed by atoms with Crippen molar-refractivity contribution in [3.8, 4) is 11.5 Å². The van der Waals surface area contributed by atoms with Crippen LogP contribution in [-0.4, -0.2) is 18.2 Å². The van der Waals surface area contributed by atoms with Crippen LogP contribution in [0.1, 0.15) is 25.0 Å². The lowest BCUT2D eigenvalue weighted by Gasteiger charge is -2.13. The van der Waals surface area contributed by atoms with E-state index in [4.69, 9.17) is 9.47 Å². The van der Waals surface area contributed by atoms with Gasteiger partial charge in [0.05, 0.1) is 23.6 Å². The highest BCUT2D eigenvalue weighted by Crippen LogP contribution is 2.31. The highest BCUT2D eigenvalue weighted by molar-refractivity contribution is 9.10. The van der Waals surface area contributed by atoms with Crippen LogP contribution >= 0.6 is 15.9 Å². The number of benzene rings is 3. The summed E-state index contributed by atoms with van der Waals surface area (Å²) in [6.07, 6.45) is 1.84. The first-order valence-electron chi connectivity index (χ1n) is 10.4. The number of nitrogens with zero attached hydrogens (tertiary/aromatic N) is 2. The Morgan fingerprint density at radius 1 is 0.969 bits per heavy atom. The summed E-state index contributed by atoms with van der Waals surface area (Å²) in [6, 6.07) is 23.1. The van der Waals surface area contributed by atoms with Gasteiger partial charge in [-0.15, -0.1) is 0 Å². The van der Waals surface area contributed by atoms with Gasteiger partial charge in [0.1, 0.15) is 6.61 Å². The predicted molar refractivity (Wildman–Crippen MR) is 131 cm³/mol. The number of ether oxygens (including phenoxy) is 2. The monoisotopic (exact) mass is 490 g/mol. The van der Waals surface area contributed by atoms with Crippen LogP contribution in [0.5, 0.6) is 11.5 Å². The van der Waals surface area contributed by atoms with Gasteiger partial charge in [0.2, 0.25) is 0 Å². The molecule has 0 aliphatic carbocycles. The fourth-order valence-corrected chi connectivity index (χ4v) is 3.60. The predicted octanol–water partition coefficient (Wildman–Crippen LogP) is 6.23. The minimum Gasteiger partial charge on any atom is -0.490 e. The number of hydrogen-bond acceptors (Lipinski definition) is 4. The first kappa shape index (κ1) is 21.8. The van der Waals surface area contributed by atoms with E-state index in [9.17, 15) is 4.79 Å². The maximum atomic E-state index is 13.0. The molecule has 0 spiro atoms. The SMILES string of the molecule is CCOc1cc(/C=C2/C(=O)N(c3ccccc3)N=C2C)ccc1OCc1ccc(Br)cc1. The lowest BCUT2D eigenvalue weighted by Crippen LogP contribution is -2.21. The number of hydrogen-bond donors (Lipinski definition) is 0. The number of carbonyl (C=O) groups excluding carboxylic acids is 1. The molecule has 0 aromatic heterocycles. The smallest absolute Gasteiger partial charge is 0.280 e. The van der Waals surface area contributed by atoms with Gasteiger partial charge in [-0.3, -0.25) is 4.79 Å². The number of anilines is 1. The second kappa shape index (κ2) is 9.83. The van der Waals surface area contributed by atoms with Crippen LogP contribution in [0.3, 0.4) is 0 Å². The van der Waals surface area contributed by atoms with Gasteiger partial charge in [0.25, 0.3) is 5.91 Å². The largest absolute Gasteiger partial charge is 0.490 e. The highest BCUT2D eigenvalue weighted by Gasteiger charge is 2.28. The van der Waals surface area contributed by atoms with E-state index in [2.05, 4.69) is 21.0 Å². The molecule has 1 amide bonds. The first-order chi connectivity index (χ1) is 15.5. The number of halogens is 1. The van der Waals surface area contributed by atoms with Crippen LogP contribution in [-0.2, 0) is 11.4 Å². The van der Waals surface area contributed by atoms with Crippen molar-refractivity contribution in [1.82, 2.24) is 0 Å². The van der Waals surface area contributed by atoms with Crippen molar-refractivity contribution in [1.29, 1.82) is 0 Å². The van der Waals surface area contributed by atoms with Crippen LogP contribution in [0.25, 0.3) is 6.08 Å². The Morgan fingerprint density at radius 3 is 2.44 bits per heavy atom. The van der Waals surface area contributed by atoms with E-state index in [0.717, 1.165) is 21.3 Å². The fourth-order valence-electron chi connectivity index (χ4n) is 3.34. The summed E-state index contributed by atoms with van der Waals surface area (Å²) >= 11 is 3.44.